The Kier molecular flexibility index (Phi) is 4.76. The van der Waals surface area contributed by atoms with Gasteiger partial charge in [-0.2, -0.15) is 5.26 Å². The molecule has 1 aliphatic carbocycles. The molecule has 6 heteroatoms. The minimum atomic E-state index is -0.694. The normalized spacial score (nSPS) is 16.8. The summed E-state index contributed by atoms with van der Waals surface area (Å²) < 4.78 is 5.66. The SMILES string of the molecule is CCCNC(C#N)(COc1cccc([N+](=O)[O-])c1)C1CC1. The van der Waals surface area contributed by atoms with E-state index in [1.807, 2.05) is 6.92 Å². The number of nitro benzene ring substituents is 1. The fraction of sp³-hybridized carbons (Fsp3) is 0.533. The van der Waals surface area contributed by atoms with Gasteiger partial charge in [-0.3, -0.25) is 15.4 Å². The predicted octanol–water partition coefficient (Wildman–Crippen LogP) is 2.65. The van der Waals surface area contributed by atoms with Crippen LogP contribution < -0.4 is 10.1 Å². The number of non-ortho nitro benzene ring substituents is 1. The van der Waals surface area contributed by atoms with Crippen LogP contribution in [0.25, 0.3) is 0 Å². The molecule has 1 aromatic carbocycles. The standard InChI is InChI=1S/C15H19N3O3/c1-2-8-17-15(10-16,12-6-7-12)11-21-14-5-3-4-13(9-14)18(19)20/h3-5,9,12,17H,2,6-8,11H2,1H3. The smallest absolute Gasteiger partial charge is 0.273 e. The summed E-state index contributed by atoms with van der Waals surface area (Å²) in [4.78, 5) is 10.3. The van der Waals surface area contributed by atoms with Gasteiger partial charge in [0.05, 0.1) is 17.1 Å². The third kappa shape index (κ3) is 3.70. The minimum absolute atomic E-state index is 0.0111. The second kappa shape index (κ2) is 6.55. The van der Waals surface area contributed by atoms with Crippen molar-refractivity contribution in [1.29, 1.82) is 5.26 Å². The topological polar surface area (TPSA) is 88.2 Å². The van der Waals surface area contributed by atoms with E-state index in [0.717, 1.165) is 25.8 Å². The maximum Gasteiger partial charge on any atom is 0.273 e. The summed E-state index contributed by atoms with van der Waals surface area (Å²) in [5.74, 6) is 0.718. The Morgan fingerprint density at radius 1 is 1.57 bits per heavy atom. The van der Waals surface area contributed by atoms with Gasteiger partial charge >= 0.3 is 0 Å². The second-order valence-electron chi connectivity index (χ2n) is 5.33. The molecule has 0 radical (unpaired) electrons. The number of hydrogen-bond donors (Lipinski definition) is 1. The lowest BCUT2D eigenvalue weighted by atomic mass is 9.96. The van der Waals surface area contributed by atoms with Crippen LogP contribution in [0.2, 0.25) is 0 Å². The first-order chi connectivity index (χ1) is 10.1. The molecule has 0 heterocycles. The Balaban J connectivity index is 2.06. The third-order valence-corrected chi connectivity index (χ3v) is 3.66. The molecule has 1 fully saturated rings. The lowest BCUT2D eigenvalue weighted by molar-refractivity contribution is -0.384. The fourth-order valence-electron chi connectivity index (χ4n) is 2.28. The molecule has 112 valence electrons. The maximum absolute atomic E-state index is 10.8. The highest BCUT2D eigenvalue weighted by atomic mass is 16.6. The van der Waals surface area contributed by atoms with Gasteiger partial charge in [0.2, 0.25) is 0 Å². The quantitative estimate of drug-likeness (QED) is 0.587. The molecular weight excluding hydrogens is 270 g/mol. The van der Waals surface area contributed by atoms with Crippen molar-refractivity contribution in [2.75, 3.05) is 13.2 Å². The van der Waals surface area contributed by atoms with Crippen LogP contribution in [-0.2, 0) is 0 Å². The average Bonchev–Trinajstić information content (AvgIpc) is 3.33. The largest absolute Gasteiger partial charge is 0.490 e. The van der Waals surface area contributed by atoms with Gasteiger partial charge in [-0.25, -0.2) is 0 Å². The van der Waals surface area contributed by atoms with E-state index < -0.39 is 10.5 Å². The summed E-state index contributed by atoms with van der Waals surface area (Å²) in [7, 11) is 0. The molecule has 0 bridgehead atoms. The van der Waals surface area contributed by atoms with Gasteiger partial charge in [-0.05, 0) is 37.8 Å². The lowest BCUT2D eigenvalue weighted by Crippen LogP contribution is -2.51. The number of nitro groups is 1. The van der Waals surface area contributed by atoms with Crippen molar-refractivity contribution < 1.29 is 9.66 Å². The van der Waals surface area contributed by atoms with Gasteiger partial charge in [0.15, 0.2) is 0 Å². The van der Waals surface area contributed by atoms with Crippen LogP contribution in [0.5, 0.6) is 5.75 Å². The average molecular weight is 289 g/mol. The van der Waals surface area contributed by atoms with Crippen LogP contribution in [-0.4, -0.2) is 23.6 Å². The Morgan fingerprint density at radius 3 is 2.90 bits per heavy atom. The fourth-order valence-corrected chi connectivity index (χ4v) is 2.28. The Labute approximate surface area is 123 Å². The summed E-state index contributed by atoms with van der Waals surface area (Å²) in [5, 5.41) is 23.6. The van der Waals surface area contributed by atoms with Crippen LogP contribution in [0.15, 0.2) is 24.3 Å². The lowest BCUT2D eigenvalue weighted by Gasteiger charge is -2.27. The third-order valence-electron chi connectivity index (χ3n) is 3.66. The van der Waals surface area contributed by atoms with E-state index in [9.17, 15) is 15.4 Å². The highest BCUT2D eigenvalue weighted by Crippen LogP contribution is 2.40. The van der Waals surface area contributed by atoms with E-state index in [2.05, 4.69) is 11.4 Å². The molecular formula is C15H19N3O3. The summed E-state index contributed by atoms with van der Waals surface area (Å²) in [6, 6.07) is 8.40. The monoisotopic (exact) mass is 289 g/mol. The van der Waals surface area contributed by atoms with Crippen LogP contribution >= 0.6 is 0 Å². The second-order valence-corrected chi connectivity index (χ2v) is 5.33. The van der Waals surface area contributed by atoms with Crippen molar-refractivity contribution in [1.82, 2.24) is 5.32 Å². The van der Waals surface area contributed by atoms with Gasteiger partial charge < -0.3 is 4.74 Å². The summed E-state index contributed by atoms with van der Waals surface area (Å²) in [6.07, 6.45) is 2.97. The minimum Gasteiger partial charge on any atom is -0.490 e. The summed E-state index contributed by atoms with van der Waals surface area (Å²) in [5.41, 5.74) is -0.705. The van der Waals surface area contributed by atoms with Gasteiger partial charge in [0.25, 0.3) is 5.69 Å². The molecule has 0 amide bonds. The highest BCUT2D eigenvalue weighted by Gasteiger charge is 2.46. The summed E-state index contributed by atoms with van der Waals surface area (Å²) in [6.45, 7) is 3.00. The molecule has 1 aromatic rings. The molecule has 0 spiro atoms. The number of hydrogen-bond acceptors (Lipinski definition) is 5. The number of ether oxygens (including phenoxy) is 1. The number of nitriles is 1. The molecule has 0 saturated heterocycles. The van der Waals surface area contributed by atoms with Crippen molar-refractivity contribution in [3.63, 3.8) is 0 Å². The van der Waals surface area contributed by atoms with E-state index in [0.29, 0.717) is 11.7 Å². The maximum atomic E-state index is 10.8. The van der Waals surface area contributed by atoms with E-state index in [1.165, 1.54) is 12.1 Å². The zero-order chi connectivity index (χ0) is 15.3. The Morgan fingerprint density at radius 2 is 2.33 bits per heavy atom. The van der Waals surface area contributed by atoms with Gasteiger partial charge in [0, 0.05) is 6.07 Å². The molecule has 0 aromatic heterocycles. The molecule has 0 aliphatic heterocycles. The molecule has 1 unspecified atom stereocenters. The first-order valence-corrected chi connectivity index (χ1v) is 7.15. The molecule has 1 N–H and O–H groups in total. The van der Waals surface area contributed by atoms with Crippen molar-refractivity contribution >= 4 is 5.69 Å². The summed E-state index contributed by atoms with van der Waals surface area (Å²) >= 11 is 0. The van der Waals surface area contributed by atoms with Crippen molar-refractivity contribution in [3.8, 4) is 11.8 Å². The zero-order valence-corrected chi connectivity index (χ0v) is 12.0. The van der Waals surface area contributed by atoms with Crippen LogP contribution in [0.3, 0.4) is 0 Å². The zero-order valence-electron chi connectivity index (χ0n) is 12.0. The van der Waals surface area contributed by atoms with Gasteiger partial charge in [-0.15, -0.1) is 0 Å². The van der Waals surface area contributed by atoms with Crippen molar-refractivity contribution in [2.24, 2.45) is 5.92 Å². The molecule has 21 heavy (non-hydrogen) atoms. The Bertz CT molecular complexity index is 551. The molecule has 2 rings (SSSR count). The van der Waals surface area contributed by atoms with E-state index in [-0.39, 0.29) is 12.3 Å². The predicted molar refractivity (Wildman–Crippen MR) is 78.0 cm³/mol. The van der Waals surface area contributed by atoms with E-state index in [4.69, 9.17) is 4.74 Å². The van der Waals surface area contributed by atoms with Crippen molar-refractivity contribution in [2.45, 2.75) is 31.7 Å². The molecule has 6 nitrogen and oxygen atoms in total. The Hall–Kier alpha value is -2.13. The first-order valence-electron chi connectivity index (χ1n) is 7.15. The van der Waals surface area contributed by atoms with Crippen LogP contribution in [0.4, 0.5) is 5.69 Å². The van der Waals surface area contributed by atoms with E-state index >= 15 is 0 Å². The molecule has 1 atom stereocenters. The number of benzene rings is 1. The number of rotatable bonds is 8. The van der Waals surface area contributed by atoms with E-state index in [1.54, 1.807) is 12.1 Å². The number of nitrogens with one attached hydrogen (secondary N) is 1. The molecule has 1 saturated carbocycles. The van der Waals surface area contributed by atoms with Crippen LogP contribution in [0, 0.1) is 27.4 Å². The highest BCUT2D eigenvalue weighted by molar-refractivity contribution is 5.38. The molecule has 1 aliphatic rings. The van der Waals surface area contributed by atoms with Crippen LogP contribution in [0.1, 0.15) is 26.2 Å². The van der Waals surface area contributed by atoms with Gasteiger partial charge in [0.1, 0.15) is 17.9 Å². The first kappa shape index (κ1) is 15.3. The van der Waals surface area contributed by atoms with Gasteiger partial charge in [-0.1, -0.05) is 13.0 Å². The van der Waals surface area contributed by atoms with Crippen molar-refractivity contribution in [3.05, 3.63) is 34.4 Å². The number of nitrogens with zero attached hydrogens (tertiary/aromatic N) is 2.